The molecule has 0 aliphatic heterocycles. The van der Waals surface area contributed by atoms with Crippen LogP contribution in [0.2, 0.25) is 0 Å². The van der Waals surface area contributed by atoms with E-state index in [0.29, 0.717) is 6.54 Å². The summed E-state index contributed by atoms with van der Waals surface area (Å²) in [6, 6.07) is 6.24. The highest BCUT2D eigenvalue weighted by Gasteiger charge is 2.20. The molecule has 102 valence electrons. The van der Waals surface area contributed by atoms with Crippen LogP contribution >= 0.6 is 0 Å². The van der Waals surface area contributed by atoms with E-state index in [1.165, 1.54) is 12.1 Å². The molecular formula is C12H14N2O5. The van der Waals surface area contributed by atoms with Gasteiger partial charge in [-0.05, 0) is 17.7 Å². The molecule has 0 aromatic heterocycles. The summed E-state index contributed by atoms with van der Waals surface area (Å²) in [6.07, 6.45) is 0. The highest BCUT2D eigenvalue weighted by molar-refractivity contribution is 5.97. The molecule has 0 saturated carbocycles. The van der Waals surface area contributed by atoms with Crippen LogP contribution in [0.4, 0.5) is 0 Å². The molecule has 0 bridgehead atoms. The van der Waals surface area contributed by atoms with Gasteiger partial charge in [0.15, 0.2) is 0 Å². The van der Waals surface area contributed by atoms with Gasteiger partial charge in [-0.2, -0.15) is 0 Å². The first kappa shape index (κ1) is 14.7. The highest BCUT2D eigenvalue weighted by atomic mass is 16.4. The van der Waals surface area contributed by atoms with Crippen LogP contribution in [0, 0.1) is 0 Å². The third-order valence-corrected chi connectivity index (χ3v) is 2.38. The SMILES string of the molecule is NCc1ccc(C(=O)N(CC(=O)O)CC(=O)O)cc1. The van der Waals surface area contributed by atoms with Crippen molar-refractivity contribution in [2.75, 3.05) is 13.1 Å². The number of carboxylic acid groups (broad SMARTS) is 2. The van der Waals surface area contributed by atoms with Crippen LogP contribution < -0.4 is 5.73 Å². The van der Waals surface area contributed by atoms with Gasteiger partial charge >= 0.3 is 11.9 Å². The van der Waals surface area contributed by atoms with Gasteiger partial charge in [-0.1, -0.05) is 12.1 Å². The lowest BCUT2D eigenvalue weighted by molar-refractivity contribution is -0.140. The quantitative estimate of drug-likeness (QED) is 0.653. The monoisotopic (exact) mass is 266 g/mol. The average Bonchev–Trinajstić information content (AvgIpc) is 2.36. The number of carbonyl (C=O) groups excluding carboxylic acids is 1. The fraction of sp³-hybridized carbons (Fsp3) is 0.250. The topological polar surface area (TPSA) is 121 Å². The number of nitrogens with two attached hydrogens (primary N) is 1. The van der Waals surface area contributed by atoms with Gasteiger partial charge in [-0.25, -0.2) is 0 Å². The lowest BCUT2D eigenvalue weighted by Gasteiger charge is -2.18. The molecule has 0 atom stereocenters. The summed E-state index contributed by atoms with van der Waals surface area (Å²) in [4.78, 5) is 34.0. The van der Waals surface area contributed by atoms with Crippen LogP contribution in [0.5, 0.6) is 0 Å². The standard InChI is InChI=1S/C12H14N2O5/c13-5-8-1-3-9(4-2-8)12(19)14(6-10(15)16)7-11(17)18/h1-4H,5-7,13H2,(H,15,16)(H,17,18). The van der Waals surface area contributed by atoms with E-state index in [9.17, 15) is 14.4 Å². The van der Waals surface area contributed by atoms with E-state index in [1.807, 2.05) is 0 Å². The minimum Gasteiger partial charge on any atom is -0.480 e. The maximum Gasteiger partial charge on any atom is 0.323 e. The molecule has 4 N–H and O–H groups in total. The van der Waals surface area contributed by atoms with E-state index in [1.54, 1.807) is 12.1 Å². The van der Waals surface area contributed by atoms with Crippen molar-refractivity contribution in [1.82, 2.24) is 4.90 Å². The summed E-state index contributed by atoms with van der Waals surface area (Å²) < 4.78 is 0. The van der Waals surface area contributed by atoms with Crippen molar-refractivity contribution in [1.29, 1.82) is 0 Å². The first-order valence-electron chi connectivity index (χ1n) is 5.46. The van der Waals surface area contributed by atoms with Crippen LogP contribution in [-0.4, -0.2) is 46.0 Å². The predicted octanol–water partition coefficient (Wildman–Crippen LogP) is -0.243. The van der Waals surface area contributed by atoms with Gasteiger partial charge in [-0.3, -0.25) is 14.4 Å². The smallest absolute Gasteiger partial charge is 0.323 e. The molecule has 0 aliphatic rings. The summed E-state index contributed by atoms with van der Waals surface area (Å²) in [5.41, 5.74) is 6.46. The lowest BCUT2D eigenvalue weighted by Crippen LogP contribution is -2.39. The van der Waals surface area contributed by atoms with Crippen LogP contribution in [0.25, 0.3) is 0 Å². The second-order valence-electron chi connectivity index (χ2n) is 3.85. The Kier molecular flexibility index (Phi) is 5.01. The van der Waals surface area contributed by atoms with Crippen LogP contribution in [-0.2, 0) is 16.1 Å². The van der Waals surface area contributed by atoms with Gasteiger partial charge in [0.05, 0.1) is 0 Å². The number of carboxylic acids is 2. The fourth-order valence-corrected chi connectivity index (χ4v) is 1.49. The Morgan fingerprint density at radius 2 is 1.47 bits per heavy atom. The number of hydrogen-bond acceptors (Lipinski definition) is 4. The molecule has 0 saturated heterocycles. The predicted molar refractivity (Wildman–Crippen MR) is 65.5 cm³/mol. The Morgan fingerprint density at radius 3 is 1.84 bits per heavy atom. The average molecular weight is 266 g/mol. The maximum atomic E-state index is 12.0. The zero-order valence-electron chi connectivity index (χ0n) is 10.1. The van der Waals surface area contributed by atoms with Gasteiger partial charge in [0, 0.05) is 12.1 Å². The first-order valence-corrected chi connectivity index (χ1v) is 5.46. The van der Waals surface area contributed by atoms with Crippen LogP contribution in [0.3, 0.4) is 0 Å². The number of hydrogen-bond donors (Lipinski definition) is 3. The van der Waals surface area contributed by atoms with E-state index < -0.39 is 30.9 Å². The molecule has 0 unspecified atom stereocenters. The molecule has 7 nitrogen and oxygen atoms in total. The summed E-state index contributed by atoms with van der Waals surface area (Å²) in [7, 11) is 0. The normalized spacial score (nSPS) is 9.95. The molecule has 0 spiro atoms. The summed E-state index contributed by atoms with van der Waals surface area (Å²) in [6.45, 7) is -1.00. The number of nitrogens with zero attached hydrogens (tertiary/aromatic N) is 1. The molecule has 19 heavy (non-hydrogen) atoms. The summed E-state index contributed by atoms with van der Waals surface area (Å²) >= 11 is 0. The summed E-state index contributed by atoms with van der Waals surface area (Å²) in [5.74, 6) is -3.19. The van der Waals surface area contributed by atoms with Gasteiger partial charge in [0.2, 0.25) is 0 Å². The van der Waals surface area contributed by atoms with Crippen molar-refractivity contribution in [3.05, 3.63) is 35.4 Å². The largest absolute Gasteiger partial charge is 0.480 e. The van der Waals surface area contributed by atoms with Crippen LogP contribution in [0.1, 0.15) is 15.9 Å². The number of benzene rings is 1. The molecule has 0 fully saturated rings. The van der Waals surface area contributed by atoms with Gasteiger partial charge in [-0.15, -0.1) is 0 Å². The van der Waals surface area contributed by atoms with E-state index >= 15 is 0 Å². The molecule has 1 aromatic carbocycles. The molecule has 1 aromatic rings. The number of rotatable bonds is 6. The minimum absolute atomic E-state index is 0.222. The van der Waals surface area contributed by atoms with E-state index in [0.717, 1.165) is 10.5 Å². The molecule has 0 radical (unpaired) electrons. The van der Waals surface area contributed by atoms with Gasteiger partial charge in [0.25, 0.3) is 5.91 Å². The molecular weight excluding hydrogens is 252 g/mol. The zero-order chi connectivity index (χ0) is 14.4. The fourth-order valence-electron chi connectivity index (χ4n) is 1.49. The van der Waals surface area contributed by atoms with Crippen molar-refractivity contribution in [2.24, 2.45) is 5.73 Å². The van der Waals surface area contributed by atoms with E-state index in [4.69, 9.17) is 15.9 Å². The summed E-state index contributed by atoms with van der Waals surface area (Å²) in [5, 5.41) is 17.3. The van der Waals surface area contributed by atoms with Gasteiger partial charge in [0.1, 0.15) is 13.1 Å². The molecule has 0 heterocycles. The third kappa shape index (κ3) is 4.40. The Labute approximate surface area is 109 Å². The Morgan fingerprint density at radius 1 is 1.00 bits per heavy atom. The second kappa shape index (κ2) is 6.50. The van der Waals surface area contributed by atoms with Gasteiger partial charge < -0.3 is 20.8 Å². The Balaban J connectivity index is 2.90. The van der Waals surface area contributed by atoms with Crippen LogP contribution in [0.15, 0.2) is 24.3 Å². The highest BCUT2D eigenvalue weighted by Crippen LogP contribution is 2.07. The zero-order valence-corrected chi connectivity index (χ0v) is 10.1. The molecule has 1 rings (SSSR count). The maximum absolute atomic E-state index is 12.0. The number of carbonyl (C=O) groups is 3. The second-order valence-corrected chi connectivity index (χ2v) is 3.85. The van der Waals surface area contributed by atoms with Crippen molar-refractivity contribution < 1.29 is 24.6 Å². The van der Waals surface area contributed by atoms with Crippen molar-refractivity contribution in [3.63, 3.8) is 0 Å². The van der Waals surface area contributed by atoms with E-state index in [-0.39, 0.29) is 5.56 Å². The lowest BCUT2D eigenvalue weighted by atomic mass is 10.1. The number of amides is 1. The third-order valence-electron chi connectivity index (χ3n) is 2.38. The Hall–Kier alpha value is -2.41. The van der Waals surface area contributed by atoms with Crippen molar-refractivity contribution >= 4 is 17.8 Å². The molecule has 7 heteroatoms. The van der Waals surface area contributed by atoms with Crippen molar-refractivity contribution in [2.45, 2.75) is 6.54 Å². The first-order chi connectivity index (χ1) is 8.93. The number of aliphatic carboxylic acids is 2. The molecule has 1 amide bonds. The van der Waals surface area contributed by atoms with Crippen molar-refractivity contribution in [3.8, 4) is 0 Å². The molecule has 0 aliphatic carbocycles. The van der Waals surface area contributed by atoms with E-state index in [2.05, 4.69) is 0 Å². The minimum atomic E-state index is -1.27. The Bertz CT molecular complexity index is 467.